The van der Waals surface area contributed by atoms with Crippen LogP contribution >= 0.6 is 11.6 Å². The molecule has 5 atom stereocenters. The minimum Gasteiger partial charge on any atom is -0.490 e. The van der Waals surface area contributed by atoms with Crippen LogP contribution in [0.5, 0.6) is 5.75 Å². The lowest BCUT2D eigenvalue weighted by Crippen LogP contribution is -2.50. The molecule has 2 aliphatic heterocycles. The van der Waals surface area contributed by atoms with Crippen LogP contribution < -0.4 is 14.4 Å². The van der Waals surface area contributed by atoms with Crippen LogP contribution in [-0.2, 0) is 36.6 Å². The number of sulfonamides is 2. The number of anilines is 1. The van der Waals surface area contributed by atoms with E-state index in [-0.39, 0.29) is 35.5 Å². The van der Waals surface area contributed by atoms with Gasteiger partial charge in [0.25, 0.3) is 5.91 Å². The Labute approximate surface area is 290 Å². The number of nitrogens with one attached hydrogen (secondary N) is 1. The minimum atomic E-state index is -3.98. The Hall–Kier alpha value is -2.38. The molecule has 2 heterocycles. The van der Waals surface area contributed by atoms with Crippen molar-refractivity contribution in [3.63, 3.8) is 0 Å². The Bertz CT molecular complexity index is 1740. The van der Waals surface area contributed by atoms with Crippen LogP contribution in [-0.4, -0.2) is 84.1 Å². The van der Waals surface area contributed by atoms with Crippen molar-refractivity contribution >= 4 is 43.2 Å². The van der Waals surface area contributed by atoms with Crippen molar-refractivity contribution < 1.29 is 31.1 Å². The van der Waals surface area contributed by atoms with Crippen LogP contribution in [0.4, 0.5) is 5.69 Å². The summed E-state index contributed by atoms with van der Waals surface area (Å²) < 4.78 is 68.7. The standard InChI is InChI=1S/C35H48ClN3O7S2/c1-24-7-4-5-16-39(47(3,41)42)17-18-45-32-13-10-28(32)21-38-22-35(15-6-8-26-19-29(36)11-12-30(26)35)23-46-33-14-9-27(20-31(33)38)34(40)37-48(43,44)25(24)2/h9,11-12,14,19-20,24-25,28,32H,4-8,10,13,15-18,21-23H2,1-3H3,(H,37,40)/t24-,25+,28-,32+,35-/m0/s1. The first-order valence-corrected chi connectivity index (χ1v) is 21.0. The Balaban J connectivity index is 1.35. The molecular formula is C35H48ClN3O7S2. The van der Waals surface area contributed by atoms with E-state index in [1.165, 1.54) is 21.7 Å². The van der Waals surface area contributed by atoms with Crippen molar-refractivity contribution in [3.8, 4) is 5.75 Å². The van der Waals surface area contributed by atoms with E-state index in [0.717, 1.165) is 37.8 Å². The van der Waals surface area contributed by atoms with Gasteiger partial charge in [-0.1, -0.05) is 31.0 Å². The summed E-state index contributed by atoms with van der Waals surface area (Å²) in [6, 6.07) is 11.3. The van der Waals surface area contributed by atoms with E-state index in [2.05, 4.69) is 21.8 Å². The summed E-state index contributed by atoms with van der Waals surface area (Å²) in [5.74, 6) is -0.0702. The topological polar surface area (TPSA) is 122 Å². The summed E-state index contributed by atoms with van der Waals surface area (Å²) in [5.41, 5.74) is 3.16. The molecule has 2 aromatic rings. The lowest BCUT2D eigenvalue weighted by molar-refractivity contribution is -0.0455. The Morgan fingerprint density at radius 2 is 1.83 bits per heavy atom. The summed E-state index contributed by atoms with van der Waals surface area (Å²) in [7, 11) is -7.41. The normalized spacial score (nSPS) is 30.5. The van der Waals surface area contributed by atoms with E-state index >= 15 is 0 Å². The maximum absolute atomic E-state index is 13.5. The number of aryl methyl sites for hydroxylation is 1. The van der Waals surface area contributed by atoms with Crippen LogP contribution in [0, 0.1) is 11.8 Å². The van der Waals surface area contributed by atoms with Crippen LogP contribution in [0.1, 0.15) is 80.3 Å². The van der Waals surface area contributed by atoms with Crippen LogP contribution in [0.25, 0.3) is 0 Å². The highest BCUT2D eigenvalue weighted by atomic mass is 35.5. The van der Waals surface area contributed by atoms with E-state index in [4.69, 9.17) is 21.1 Å². The van der Waals surface area contributed by atoms with Gasteiger partial charge in [0.2, 0.25) is 20.0 Å². The summed E-state index contributed by atoms with van der Waals surface area (Å²) in [6.45, 7) is 6.16. The van der Waals surface area contributed by atoms with Gasteiger partial charge in [0.05, 0.1) is 36.5 Å². The van der Waals surface area contributed by atoms with Gasteiger partial charge in [-0.3, -0.25) is 4.79 Å². The van der Waals surface area contributed by atoms with Gasteiger partial charge in [-0.2, -0.15) is 4.31 Å². The van der Waals surface area contributed by atoms with Crippen molar-refractivity contribution in [1.82, 2.24) is 9.03 Å². The van der Waals surface area contributed by atoms with E-state index in [9.17, 15) is 21.6 Å². The molecule has 0 radical (unpaired) electrons. The number of amides is 1. The number of benzene rings is 2. The van der Waals surface area contributed by atoms with E-state index in [1.54, 1.807) is 25.1 Å². The highest BCUT2D eigenvalue weighted by molar-refractivity contribution is 7.90. The van der Waals surface area contributed by atoms with Gasteiger partial charge in [0.15, 0.2) is 0 Å². The second-order valence-corrected chi connectivity index (χ2v) is 18.8. The molecule has 10 nitrogen and oxygen atoms in total. The largest absolute Gasteiger partial charge is 0.490 e. The van der Waals surface area contributed by atoms with Gasteiger partial charge in [-0.15, -0.1) is 0 Å². The molecule has 1 N–H and O–H groups in total. The highest BCUT2D eigenvalue weighted by Crippen LogP contribution is 2.46. The number of halogens is 1. The number of carbonyl (C=O) groups excluding carboxylic acids is 1. The molecule has 2 aromatic carbocycles. The number of rotatable bonds is 1. The summed E-state index contributed by atoms with van der Waals surface area (Å²) in [6.07, 6.45) is 7.77. The van der Waals surface area contributed by atoms with Crippen molar-refractivity contribution in [2.45, 2.75) is 82.0 Å². The van der Waals surface area contributed by atoms with Crippen LogP contribution in [0.15, 0.2) is 36.4 Å². The number of hydrogen-bond acceptors (Lipinski definition) is 8. The molecule has 6 rings (SSSR count). The number of carbonyl (C=O) groups is 1. The fourth-order valence-corrected chi connectivity index (χ4v) is 10.2. The lowest BCUT2D eigenvalue weighted by Gasteiger charge is -2.44. The average molecular weight is 722 g/mol. The van der Waals surface area contributed by atoms with Gasteiger partial charge < -0.3 is 14.4 Å². The van der Waals surface area contributed by atoms with Gasteiger partial charge in [-0.05, 0) is 99.2 Å². The number of fused-ring (bicyclic) bond motifs is 4. The molecule has 1 amide bonds. The van der Waals surface area contributed by atoms with Gasteiger partial charge in [0.1, 0.15) is 5.75 Å². The molecule has 2 bridgehead atoms. The first-order valence-electron chi connectivity index (χ1n) is 17.2. The van der Waals surface area contributed by atoms with E-state index in [1.807, 2.05) is 13.0 Å². The predicted octanol–water partition coefficient (Wildman–Crippen LogP) is 5.14. The second kappa shape index (κ2) is 14.1. The van der Waals surface area contributed by atoms with Crippen LogP contribution in [0.3, 0.4) is 0 Å². The Kier molecular flexibility index (Phi) is 10.4. The monoisotopic (exact) mass is 721 g/mol. The molecule has 0 unspecified atom stereocenters. The third-order valence-corrected chi connectivity index (χ3v) is 14.5. The Morgan fingerprint density at radius 3 is 2.58 bits per heavy atom. The molecule has 1 fully saturated rings. The molecule has 0 saturated heterocycles. The molecule has 1 saturated carbocycles. The van der Waals surface area contributed by atoms with Crippen molar-refractivity contribution in [2.75, 3.05) is 50.5 Å². The van der Waals surface area contributed by atoms with Gasteiger partial charge in [-0.25, -0.2) is 21.6 Å². The zero-order chi connectivity index (χ0) is 34.3. The summed E-state index contributed by atoms with van der Waals surface area (Å²) in [4.78, 5) is 15.8. The lowest BCUT2D eigenvalue weighted by atomic mass is 9.70. The third kappa shape index (κ3) is 7.52. The first kappa shape index (κ1) is 35.4. The maximum atomic E-state index is 13.5. The molecule has 2 aliphatic carbocycles. The zero-order valence-electron chi connectivity index (χ0n) is 28.1. The number of ether oxygens (including phenoxy) is 2. The fourth-order valence-electron chi connectivity index (χ4n) is 7.83. The number of nitrogens with zero attached hydrogens (tertiary/aromatic N) is 2. The van der Waals surface area contributed by atoms with Gasteiger partial charge >= 0.3 is 0 Å². The number of hydrogen-bond donors (Lipinski definition) is 1. The highest BCUT2D eigenvalue weighted by Gasteiger charge is 2.44. The third-order valence-electron chi connectivity index (χ3n) is 11.1. The molecular weight excluding hydrogens is 674 g/mol. The van der Waals surface area contributed by atoms with E-state index in [0.29, 0.717) is 62.9 Å². The van der Waals surface area contributed by atoms with Crippen molar-refractivity contribution in [1.29, 1.82) is 0 Å². The zero-order valence-corrected chi connectivity index (χ0v) is 30.5. The SMILES string of the molecule is C[C@@H]1[C@@H](C)CCCCN(S(C)(=O)=O)CCO[C@@H]2CC[C@H]2CN2C[C@@]3(CCCc4cc(Cl)ccc43)COc3ccc(cc32)C(=O)NS1(=O)=O. The molecule has 48 heavy (non-hydrogen) atoms. The molecule has 13 heteroatoms. The summed E-state index contributed by atoms with van der Waals surface area (Å²) >= 11 is 6.41. The molecule has 1 spiro atoms. The van der Waals surface area contributed by atoms with Crippen molar-refractivity contribution in [3.05, 3.63) is 58.1 Å². The Morgan fingerprint density at radius 1 is 1.02 bits per heavy atom. The van der Waals surface area contributed by atoms with Gasteiger partial charge in [0, 0.05) is 48.1 Å². The molecule has 0 aromatic heterocycles. The average Bonchev–Trinajstić information content (AvgIpc) is 3.17. The smallest absolute Gasteiger partial charge is 0.264 e. The summed E-state index contributed by atoms with van der Waals surface area (Å²) in [5, 5.41) is -0.105. The fraction of sp³-hybridized carbons (Fsp3) is 0.629. The maximum Gasteiger partial charge on any atom is 0.264 e. The van der Waals surface area contributed by atoms with Crippen LogP contribution in [0.2, 0.25) is 5.02 Å². The predicted molar refractivity (Wildman–Crippen MR) is 188 cm³/mol. The quantitative estimate of drug-likeness (QED) is 0.430. The first-order chi connectivity index (χ1) is 22.8. The van der Waals surface area contributed by atoms with Crippen molar-refractivity contribution in [2.24, 2.45) is 11.8 Å². The second-order valence-electron chi connectivity index (χ2n) is 14.4. The van der Waals surface area contributed by atoms with E-state index < -0.39 is 31.2 Å². The minimum absolute atomic E-state index is 0.0167. The molecule has 4 aliphatic rings. The molecule has 264 valence electrons.